The van der Waals surface area contributed by atoms with Crippen LogP contribution in [0.4, 0.5) is 5.82 Å². The van der Waals surface area contributed by atoms with Crippen LogP contribution in [0.15, 0.2) is 12.4 Å². The minimum atomic E-state index is 0.974. The van der Waals surface area contributed by atoms with Crippen LogP contribution in [0, 0.1) is 20.8 Å². The van der Waals surface area contributed by atoms with Crippen molar-refractivity contribution in [2.75, 3.05) is 31.1 Å². The monoisotopic (exact) mass is 300 g/mol. The second-order valence-corrected chi connectivity index (χ2v) is 6.05. The molecule has 2 aromatic rings. The van der Waals surface area contributed by atoms with Crippen molar-refractivity contribution in [2.24, 2.45) is 7.05 Å². The summed E-state index contributed by atoms with van der Waals surface area (Å²) in [7, 11) is 2.01. The van der Waals surface area contributed by atoms with E-state index in [1.165, 1.54) is 11.3 Å². The molecule has 2 aromatic heterocycles. The van der Waals surface area contributed by atoms with Crippen LogP contribution in [-0.4, -0.2) is 50.8 Å². The van der Waals surface area contributed by atoms with Crippen LogP contribution in [0.25, 0.3) is 0 Å². The first-order valence-corrected chi connectivity index (χ1v) is 7.79. The Kier molecular flexibility index (Phi) is 4.11. The van der Waals surface area contributed by atoms with Gasteiger partial charge in [-0.25, -0.2) is 4.98 Å². The Morgan fingerprint density at radius 3 is 2.36 bits per heavy atom. The van der Waals surface area contributed by atoms with Crippen LogP contribution >= 0.6 is 0 Å². The highest BCUT2D eigenvalue weighted by Gasteiger charge is 2.20. The lowest BCUT2D eigenvalue weighted by molar-refractivity contribution is 0.248. The summed E-state index contributed by atoms with van der Waals surface area (Å²) in [6, 6.07) is 0. The van der Waals surface area contributed by atoms with Crippen molar-refractivity contribution < 1.29 is 0 Å². The van der Waals surface area contributed by atoms with Crippen molar-refractivity contribution in [3.8, 4) is 0 Å². The average molecular weight is 300 g/mol. The Morgan fingerprint density at radius 2 is 1.77 bits per heavy atom. The van der Waals surface area contributed by atoms with E-state index in [9.17, 15) is 0 Å². The van der Waals surface area contributed by atoms with Crippen molar-refractivity contribution >= 4 is 5.82 Å². The van der Waals surface area contributed by atoms with Gasteiger partial charge in [0.1, 0.15) is 5.82 Å². The summed E-state index contributed by atoms with van der Waals surface area (Å²) < 4.78 is 1.98. The van der Waals surface area contributed by atoms with E-state index in [-0.39, 0.29) is 0 Å². The van der Waals surface area contributed by atoms with Crippen LogP contribution in [-0.2, 0) is 13.6 Å². The predicted octanol–water partition coefficient (Wildman–Crippen LogP) is 1.46. The molecule has 0 aromatic carbocycles. The molecule has 1 aliphatic rings. The van der Waals surface area contributed by atoms with Crippen molar-refractivity contribution in [3.05, 3.63) is 35.0 Å². The fraction of sp³-hybridized carbons (Fsp3) is 0.562. The molecule has 6 heteroatoms. The molecule has 3 heterocycles. The zero-order chi connectivity index (χ0) is 15.7. The third-order valence-electron chi connectivity index (χ3n) is 4.48. The quantitative estimate of drug-likeness (QED) is 0.859. The van der Waals surface area contributed by atoms with Gasteiger partial charge in [-0.2, -0.15) is 5.10 Å². The number of hydrogen-bond acceptors (Lipinski definition) is 5. The Bertz CT molecular complexity index is 655. The normalized spacial score (nSPS) is 16.3. The molecule has 0 unspecified atom stereocenters. The lowest BCUT2D eigenvalue weighted by atomic mass is 10.1. The van der Waals surface area contributed by atoms with Gasteiger partial charge < -0.3 is 4.90 Å². The zero-order valence-electron chi connectivity index (χ0n) is 13.9. The second kappa shape index (κ2) is 6.04. The van der Waals surface area contributed by atoms with E-state index in [0.29, 0.717) is 0 Å². The van der Waals surface area contributed by atoms with Crippen molar-refractivity contribution in [1.82, 2.24) is 24.6 Å². The number of hydrogen-bond donors (Lipinski definition) is 0. The number of nitrogens with zero attached hydrogens (tertiary/aromatic N) is 6. The molecule has 0 radical (unpaired) electrons. The van der Waals surface area contributed by atoms with Crippen LogP contribution < -0.4 is 4.90 Å². The Balaban J connectivity index is 1.62. The van der Waals surface area contributed by atoms with Gasteiger partial charge in [-0.05, 0) is 20.8 Å². The van der Waals surface area contributed by atoms with Gasteiger partial charge in [0.2, 0.25) is 0 Å². The van der Waals surface area contributed by atoms with Crippen LogP contribution in [0.2, 0.25) is 0 Å². The number of rotatable bonds is 3. The van der Waals surface area contributed by atoms with Crippen LogP contribution in [0.1, 0.15) is 22.6 Å². The third-order valence-corrected chi connectivity index (χ3v) is 4.48. The van der Waals surface area contributed by atoms with Crippen molar-refractivity contribution in [3.63, 3.8) is 0 Å². The summed E-state index contributed by atoms with van der Waals surface area (Å²) in [6.45, 7) is 11.3. The van der Waals surface area contributed by atoms with Gasteiger partial charge in [0.15, 0.2) is 0 Å². The maximum Gasteiger partial charge on any atom is 0.147 e. The Morgan fingerprint density at radius 1 is 1.05 bits per heavy atom. The van der Waals surface area contributed by atoms with Gasteiger partial charge in [-0.15, -0.1) is 0 Å². The molecule has 0 aliphatic carbocycles. The first-order valence-electron chi connectivity index (χ1n) is 7.79. The molecule has 0 spiro atoms. The number of anilines is 1. The maximum absolute atomic E-state index is 4.57. The summed E-state index contributed by atoms with van der Waals surface area (Å²) in [5.74, 6) is 0.994. The molecule has 22 heavy (non-hydrogen) atoms. The summed E-state index contributed by atoms with van der Waals surface area (Å²) >= 11 is 0. The van der Waals surface area contributed by atoms with E-state index >= 15 is 0 Å². The minimum absolute atomic E-state index is 0.974. The van der Waals surface area contributed by atoms with Crippen molar-refractivity contribution in [1.29, 1.82) is 0 Å². The first kappa shape index (κ1) is 15.0. The summed E-state index contributed by atoms with van der Waals surface area (Å²) in [4.78, 5) is 13.6. The van der Waals surface area contributed by atoms with Gasteiger partial charge in [0.05, 0.1) is 17.6 Å². The SMILES string of the molecule is Cc1cncc(N2CCN(Cc3c(C)nn(C)c3C)CC2)n1. The molecule has 0 saturated carbocycles. The van der Waals surface area contributed by atoms with Gasteiger partial charge in [-0.1, -0.05) is 0 Å². The van der Waals surface area contributed by atoms with Crippen molar-refractivity contribution in [2.45, 2.75) is 27.3 Å². The predicted molar refractivity (Wildman–Crippen MR) is 86.9 cm³/mol. The third kappa shape index (κ3) is 2.97. The average Bonchev–Trinajstić information content (AvgIpc) is 2.74. The van der Waals surface area contributed by atoms with Crippen LogP contribution in [0.3, 0.4) is 0 Å². The molecule has 1 fully saturated rings. The Hall–Kier alpha value is -1.95. The molecule has 0 bridgehead atoms. The molecule has 1 aliphatic heterocycles. The lowest BCUT2D eigenvalue weighted by Gasteiger charge is -2.35. The van der Waals surface area contributed by atoms with Gasteiger partial charge in [0, 0.05) is 57.2 Å². The fourth-order valence-electron chi connectivity index (χ4n) is 3.01. The molecule has 3 rings (SSSR count). The van der Waals surface area contributed by atoms with E-state index < -0.39 is 0 Å². The first-order chi connectivity index (χ1) is 10.5. The molecule has 0 amide bonds. The molecule has 118 valence electrons. The van der Waals surface area contributed by atoms with Gasteiger partial charge >= 0.3 is 0 Å². The van der Waals surface area contributed by atoms with E-state index in [1.807, 2.05) is 24.9 Å². The highest BCUT2D eigenvalue weighted by Crippen LogP contribution is 2.18. The molecule has 0 N–H and O–H groups in total. The highest BCUT2D eigenvalue weighted by atomic mass is 15.3. The standard InChI is InChI=1S/C16H24N6/c1-12-9-17-10-16(18-12)22-7-5-21(6-8-22)11-15-13(2)19-20(4)14(15)3/h9-10H,5-8,11H2,1-4H3. The number of aryl methyl sites for hydroxylation is 3. The van der Waals surface area contributed by atoms with Crippen LogP contribution in [0.5, 0.6) is 0 Å². The maximum atomic E-state index is 4.57. The summed E-state index contributed by atoms with van der Waals surface area (Å²) in [5, 5.41) is 4.51. The Labute approximate surface area is 131 Å². The van der Waals surface area contributed by atoms with E-state index in [0.717, 1.165) is 49.9 Å². The summed E-state index contributed by atoms with van der Waals surface area (Å²) in [6.07, 6.45) is 3.66. The van der Waals surface area contributed by atoms with Gasteiger partial charge in [0.25, 0.3) is 0 Å². The molecule has 0 atom stereocenters. The molecular weight excluding hydrogens is 276 g/mol. The number of piperazine rings is 1. The van der Waals surface area contributed by atoms with Gasteiger partial charge in [-0.3, -0.25) is 14.6 Å². The zero-order valence-corrected chi connectivity index (χ0v) is 13.9. The molecular formula is C16H24N6. The highest BCUT2D eigenvalue weighted by molar-refractivity contribution is 5.37. The smallest absolute Gasteiger partial charge is 0.147 e. The van der Waals surface area contributed by atoms with E-state index in [4.69, 9.17) is 0 Å². The largest absolute Gasteiger partial charge is 0.353 e. The minimum Gasteiger partial charge on any atom is -0.353 e. The number of aromatic nitrogens is 4. The fourth-order valence-corrected chi connectivity index (χ4v) is 3.01. The lowest BCUT2D eigenvalue weighted by Crippen LogP contribution is -2.46. The summed E-state index contributed by atoms with van der Waals surface area (Å²) in [5.41, 5.74) is 4.75. The van der Waals surface area contributed by atoms with E-state index in [2.05, 4.69) is 38.7 Å². The van der Waals surface area contributed by atoms with E-state index in [1.54, 1.807) is 6.20 Å². The second-order valence-electron chi connectivity index (χ2n) is 6.05. The topological polar surface area (TPSA) is 50.1 Å². The molecule has 6 nitrogen and oxygen atoms in total. The molecule has 1 saturated heterocycles.